The van der Waals surface area contributed by atoms with E-state index in [0.29, 0.717) is 10.8 Å². The number of nitrogens with zero attached hydrogens (tertiary/aromatic N) is 1. The minimum absolute atomic E-state index is 0.0919. The van der Waals surface area contributed by atoms with Gasteiger partial charge in [-0.15, -0.1) is 0 Å². The Kier molecular flexibility index (Phi) is 5.68. The molecule has 2 unspecified atom stereocenters. The quantitative estimate of drug-likeness (QED) is 0.563. The molecule has 0 saturated carbocycles. The van der Waals surface area contributed by atoms with Gasteiger partial charge in [-0.25, -0.2) is 9.59 Å². The summed E-state index contributed by atoms with van der Waals surface area (Å²) in [5.41, 5.74) is 4.47. The monoisotopic (exact) mass is 463 g/mol. The molecule has 3 aromatic rings. The van der Waals surface area contributed by atoms with Gasteiger partial charge in [0.2, 0.25) is 0 Å². The van der Waals surface area contributed by atoms with Gasteiger partial charge in [0.1, 0.15) is 24.5 Å². The third-order valence-electron chi connectivity index (χ3n) is 6.22. The number of carboxylic acids is 1. The predicted molar refractivity (Wildman–Crippen MR) is 124 cm³/mol. The molecule has 1 aliphatic carbocycles. The Hall–Kier alpha value is -3.51. The van der Waals surface area contributed by atoms with Crippen LogP contribution in [0.2, 0.25) is 5.02 Å². The fraction of sp³-hybridized carbons (Fsp3) is 0.231. The first-order chi connectivity index (χ1) is 16.0. The van der Waals surface area contributed by atoms with Gasteiger partial charge in [0, 0.05) is 17.4 Å². The number of carboxylic acid groups (broad SMARTS) is 1. The van der Waals surface area contributed by atoms with Crippen LogP contribution >= 0.6 is 11.6 Å². The number of rotatable bonds is 5. The van der Waals surface area contributed by atoms with E-state index in [1.165, 1.54) is 4.90 Å². The van der Waals surface area contributed by atoms with Gasteiger partial charge in [-0.2, -0.15) is 0 Å². The van der Waals surface area contributed by atoms with Crippen LogP contribution in [0.5, 0.6) is 5.75 Å². The number of fused-ring (bicyclic) bond motifs is 3. The first-order valence-corrected chi connectivity index (χ1v) is 11.2. The number of carbonyl (C=O) groups is 2. The summed E-state index contributed by atoms with van der Waals surface area (Å²) in [6, 6.07) is 22.0. The second kappa shape index (κ2) is 8.79. The van der Waals surface area contributed by atoms with Crippen molar-refractivity contribution in [3.8, 4) is 16.9 Å². The number of aliphatic carboxylic acids is 1. The van der Waals surface area contributed by atoms with Crippen molar-refractivity contribution in [3.63, 3.8) is 0 Å². The first-order valence-electron chi connectivity index (χ1n) is 10.8. The molecule has 3 aromatic carbocycles. The fourth-order valence-corrected chi connectivity index (χ4v) is 4.91. The Balaban J connectivity index is 1.29. The summed E-state index contributed by atoms with van der Waals surface area (Å²) in [7, 11) is 0. The molecule has 168 valence electrons. The number of ether oxygens (including phenoxy) is 2. The molecule has 1 amide bonds. The maximum atomic E-state index is 13.0. The van der Waals surface area contributed by atoms with Gasteiger partial charge in [0.05, 0.1) is 6.54 Å². The van der Waals surface area contributed by atoms with E-state index in [0.717, 1.165) is 22.3 Å². The van der Waals surface area contributed by atoms with Gasteiger partial charge in [-0.1, -0.05) is 66.2 Å². The molecule has 1 heterocycles. The van der Waals surface area contributed by atoms with Crippen LogP contribution in [0, 0.1) is 0 Å². The zero-order valence-corrected chi connectivity index (χ0v) is 18.4. The predicted octanol–water partition coefficient (Wildman–Crippen LogP) is 5.20. The van der Waals surface area contributed by atoms with Crippen LogP contribution in [0.15, 0.2) is 72.8 Å². The summed E-state index contributed by atoms with van der Waals surface area (Å²) in [5.74, 6) is -0.641. The maximum absolute atomic E-state index is 13.0. The zero-order chi connectivity index (χ0) is 22.9. The summed E-state index contributed by atoms with van der Waals surface area (Å²) < 4.78 is 11.6. The Morgan fingerprint density at radius 1 is 0.970 bits per heavy atom. The van der Waals surface area contributed by atoms with Crippen LogP contribution < -0.4 is 4.74 Å². The molecule has 7 heteroatoms. The van der Waals surface area contributed by atoms with Crippen LogP contribution in [0.4, 0.5) is 4.79 Å². The number of likely N-dealkylation sites (tertiary alicyclic amines) is 1. The second-order valence-corrected chi connectivity index (χ2v) is 8.68. The third kappa shape index (κ3) is 4.14. The molecule has 0 bridgehead atoms. The first kappa shape index (κ1) is 21.3. The van der Waals surface area contributed by atoms with Gasteiger partial charge >= 0.3 is 12.1 Å². The lowest BCUT2D eigenvalue weighted by molar-refractivity contribution is -0.141. The summed E-state index contributed by atoms with van der Waals surface area (Å²) in [4.78, 5) is 26.0. The highest BCUT2D eigenvalue weighted by molar-refractivity contribution is 6.30. The molecule has 6 nitrogen and oxygen atoms in total. The highest BCUT2D eigenvalue weighted by Crippen LogP contribution is 2.44. The van der Waals surface area contributed by atoms with E-state index in [-0.39, 0.29) is 25.5 Å². The summed E-state index contributed by atoms with van der Waals surface area (Å²) in [6.45, 7) is 0.260. The Labute approximate surface area is 196 Å². The molecular weight excluding hydrogens is 442 g/mol. The number of amides is 1. The normalized spacial score (nSPS) is 19.1. The SMILES string of the molecule is O=C(O)C1CC(Oc2cccc(Cl)c2)CN1C(=O)OCC1c2ccccc2-c2ccccc21. The lowest BCUT2D eigenvalue weighted by Gasteiger charge is -2.22. The lowest BCUT2D eigenvalue weighted by Crippen LogP contribution is -2.41. The Morgan fingerprint density at radius 2 is 1.64 bits per heavy atom. The molecule has 1 N–H and O–H groups in total. The largest absolute Gasteiger partial charge is 0.488 e. The van der Waals surface area contributed by atoms with Gasteiger partial charge in [0.15, 0.2) is 0 Å². The lowest BCUT2D eigenvalue weighted by atomic mass is 9.98. The van der Waals surface area contributed by atoms with Crippen molar-refractivity contribution < 1.29 is 24.2 Å². The standard InChI is InChI=1S/C26H22ClNO5/c27-16-6-5-7-17(12-16)33-18-13-24(25(29)30)28(14-18)26(31)32-15-23-21-10-3-1-8-19(21)20-9-2-4-11-22(20)23/h1-12,18,23-24H,13-15H2,(H,29,30). The van der Waals surface area contributed by atoms with Crippen LogP contribution in [0.1, 0.15) is 23.5 Å². The van der Waals surface area contributed by atoms with Gasteiger partial charge in [-0.05, 0) is 40.5 Å². The van der Waals surface area contributed by atoms with E-state index in [1.54, 1.807) is 24.3 Å². The number of halogens is 1. The van der Waals surface area contributed by atoms with Crippen LogP contribution in [-0.4, -0.2) is 47.4 Å². The van der Waals surface area contributed by atoms with Crippen molar-refractivity contribution in [2.45, 2.75) is 24.5 Å². The van der Waals surface area contributed by atoms with E-state index in [2.05, 4.69) is 12.1 Å². The van der Waals surface area contributed by atoms with Crippen LogP contribution in [0.3, 0.4) is 0 Å². The molecule has 0 aromatic heterocycles. The number of hydrogen-bond acceptors (Lipinski definition) is 4. The molecular formula is C26H22ClNO5. The van der Waals surface area contributed by atoms with E-state index in [9.17, 15) is 14.7 Å². The van der Waals surface area contributed by atoms with E-state index < -0.39 is 24.2 Å². The van der Waals surface area contributed by atoms with Gasteiger partial charge in [-0.3, -0.25) is 4.90 Å². The summed E-state index contributed by atoms with van der Waals surface area (Å²) in [5, 5.41) is 10.2. The van der Waals surface area contributed by atoms with E-state index in [1.807, 2.05) is 36.4 Å². The summed E-state index contributed by atoms with van der Waals surface area (Å²) in [6.07, 6.45) is -0.946. The third-order valence-corrected chi connectivity index (χ3v) is 6.45. The summed E-state index contributed by atoms with van der Waals surface area (Å²) >= 11 is 6.01. The van der Waals surface area contributed by atoms with E-state index in [4.69, 9.17) is 21.1 Å². The van der Waals surface area contributed by atoms with Crippen LogP contribution in [0.25, 0.3) is 11.1 Å². The average molecular weight is 464 g/mol. The highest BCUT2D eigenvalue weighted by Gasteiger charge is 2.42. The van der Waals surface area contributed by atoms with E-state index >= 15 is 0 Å². The number of hydrogen-bond donors (Lipinski definition) is 1. The fourth-order valence-electron chi connectivity index (χ4n) is 4.73. The van der Waals surface area contributed by atoms with Gasteiger partial charge in [0.25, 0.3) is 0 Å². The topological polar surface area (TPSA) is 76.1 Å². The molecule has 33 heavy (non-hydrogen) atoms. The molecule has 0 radical (unpaired) electrons. The highest BCUT2D eigenvalue weighted by atomic mass is 35.5. The smallest absolute Gasteiger partial charge is 0.410 e. The zero-order valence-electron chi connectivity index (χ0n) is 17.7. The van der Waals surface area contributed by atoms with Gasteiger partial charge < -0.3 is 14.6 Å². The molecule has 2 atom stereocenters. The van der Waals surface area contributed by atoms with Crippen molar-refractivity contribution in [1.29, 1.82) is 0 Å². The molecule has 1 fully saturated rings. The van der Waals surface area contributed by atoms with Crippen molar-refractivity contribution >= 4 is 23.7 Å². The average Bonchev–Trinajstić information content (AvgIpc) is 3.37. The molecule has 5 rings (SSSR count). The van der Waals surface area contributed by atoms with Crippen molar-refractivity contribution in [1.82, 2.24) is 4.90 Å². The van der Waals surface area contributed by atoms with Crippen molar-refractivity contribution in [2.75, 3.05) is 13.2 Å². The Morgan fingerprint density at radius 3 is 2.27 bits per heavy atom. The van der Waals surface area contributed by atoms with Crippen molar-refractivity contribution in [3.05, 3.63) is 88.9 Å². The minimum Gasteiger partial charge on any atom is -0.488 e. The Bertz CT molecular complexity index is 1170. The molecule has 1 aliphatic heterocycles. The maximum Gasteiger partial charge on any atom is 0.410 e. The molecule has 1 saturated heterocycles. The minimum atomic E-state index is -1.08. The molecule has 2 aliphatic rings. The second-order valence-electron chi connectivity index (χ2n) is 8.24. The number of carbonyl (C=O) groups excluding carboxylic acids is 1. The number of benzene rings is 3. The van der Waals surface area contributed by atoms with Crippen molar-refractivity contribution in [2.24, 2.45) is 0 Å². The molecule has 0 spiro atoms. The van der Waals surface area contributed by atoms with Crippen LogP contribution in [-0.2, 0) is 9.53 Å².